The van der Waals surface area contributed by atoms with Crippen LogP contribution in [0, 0.1) is 5.82 Å². The van der Waals surface area contributed by atoms with Crippen molar-refractivity contribution in [2.45, 2.75) is 25.8 Å². The Kier molecular flexibility index (Phi) is 5.16. The molecule has 1 aliphatic heterocycles. The molecular formula is C14H18ClFN2O. The third kappa shape index (κ3) is 4.18. The predicted molar refractivity (Wildman–Crippen MR) is 73.5 cm³/mol. The van der Waals surface area contributed by atoms with Gasteiger partial charge in [-0.25, -0.2) is 4.39 Å². The lowest BCUT2D eigenvalue weighted by molar-refractivity contribution is -0.131. The molecule has 1 aromatic rings. The van der Waals surface area contributed by atoms with Crippen LogP contribution < -0.4 is 5.32 Å². The average Bonchev–Trinajstić information content (AvgIpc) is 2.43. The fourth-order valence-corrected chi connectivity index (χ4v) is 2.43. The van der Waals surface area contributed by atoms with Crippen molar-refractivity contribution < 1.29 is 9.18 Å². The van der Waals surface area contributed by atoms with Crippen LogP contribution in [0.4, 0.5) is 4.39 Å². The number of benzene rings is 1. The summed E-state index contributed by atoms with van der Waals surface area (Å²) in [6, 6.07) is 4.43. The van der Waals surface area contributed by atoms with Crippen LogP contribution in [0.25, 0.3) is 0 Å². The first-order valence-electron chi connectivity index (χ1n) is 6.59. The van der Waals surface area contributed by atoms with Gasteiger partial charge >= 0.3 is 0 Å². The summed E-state index contributed by atoms with van der Waals surface area (Å²) >= 11 is 5.81. The van der Waals surface area contributed by atoms with Crippen LogP contribution in [-0.2, 0) is 11.3 Å². The van der Waals surface area contributed by atoms with Crippen molar-refractivity contribution in [1.29, 1.82) is 0 Å². The van der Waals surface area contributed by atoms with Crippen molar-refractivity contribution in [2.24, 2.45) is 0 Å². The molecule has 0 aromatic heterocycles. The Morgan fingerprint density at radius 3 is 2.79 bits per heavy atom. The molecule has 0 unspecified atom stereocenters. The zero-order chi connectivity index (χ0) is 13.7. The van der Waals surface area contributed by atoms with Crippen molar-refractivity contribution in [2.75, 3.05) is 19.6 Å². The van der Waals surface area contributed by atoms with E-state index >= 15 is 0 Å². The predicted octanol–water partition coefficient (Wildman–Crippen LogP) is 2.58. The van der Waals surface area contributed by atoms with E-state index in [1.165, 1.54) is 18.6 Å². The van der Waals surface area contributed by atoms with Gasteiger partial charge in [0.15, 0.2) is 0 Å². The third-order valence-corrected chi connectivity index (χ3v) is 3.54. The second kappa shape index (κ2) is 6.87. The van der Waals surface area contributed by atoms with Gasteiger partial charge < -0.3 is 10.2 Å². The number of nitrogens with one attached hydrogen (secondary N) is 1. The van der Waals surface area contributed by atoms with Gasteiger partial charge in [-0.15, -0.1) is 0 Å². The number of amides is 1. The van der Waals surface area contributed by atoms with Crippen LogP contribution in [-0.4, -0.2) is 30.4 Å². The number of hydrogen-bond donors (Lipinski definition) is 1. The Balaban J connectivity index is 1.79. The van der Waals surface area contributed by atoms with Crippen LogP contribution in [0.3, 0.4) is 0 Å². The van der Waals surface area contributed by atoms with Gasteiger partial charge in [-0.1, -0.05) is 11.6 Å². The van der Waals surface area contributed by atoms with Gasteiger partial charge in [0.2, 0.25) is 5.91 Å². The summed E-state index contributed by atoms with van der Waals surface area (Å²) in [4.78, 5) is 13.7. The number of carbonyl (C=O) groups is 1. The van der Waals surface area contributed by atoms with Crippen LogP contribution >= 0.6 is 11.6 Å². The molecule has 1 saturated heterocycles. The topological polar surface area (TPSA) is 32.3 Å². The zero-order valence-electron chi connectivity index (χ0n) is 10.8. The van der Waals surface area contributed by atoms with E-state index < -0.39 is 0 Å². The number of likely N-dealkylation sites (tertiary alicyclic amines) is 1. The second-order valence-electron chi connectivity index (χ2n) is 4.78. The zero-order valence-corrected chi connectivity index (χ0v) is 11.5. The van der Waals surface area contributed by atoms with E-state index in [1.807, 2.05) is 4.90 Å². The molecule has 0 bridgehead atoms. The summed E-state index contributed by atoms with van der Waals surface area (Å²) in [5.41, 5.74) is 0.485. The highest BCUT2D eigenvalue weighted by Gasteiger charge is 2.15. The van der Waals surface area contributed by atoms with Crippen LogP contribution in [0.2, 0.25) is 5.02 Å². The van der Waals surface area contributed by atoms with Gasteiger partial charge in [0, 0.05) is 30.2 Å². The highest BCUT2D eigenvalue weighted by molar-refractivity contribution is 6.30. The summed E-state index contributed by atoms with van der Waals surface area (Å²) in [7, 11) is 0. The summed E-state index contributed by atoms with van der Waals surface area (Å²) in [5, 5.41) is 3.48. The smallest absolute Gasteiger partial charge is 0.236 e. The van der Waals surface area contributed by atoms with E-state index in [1.54, 1.807) is 6.07 Å². The Labute approximate surface area is 117 Å². The highest BCUT2D eigenvalue weighted by atomic mass is 35.5. The largest absolute Gasteiger partial charge is 0.342 e. The lowest BCUT2D eigenvalue weighted by Gasteiger charge is -2.26. The molecule has 0 atom stereocenters. The summed E-state index contributed by atoms with van der Waals surface area (Å²) in [6.45, 7) is 2.23. The average molecular weight is 285 g/mol. The maximum Gasteiger partial charge on any atom is 0.236 e. The molecule has 0 saturated carbocycles. The van der Waals surface area contributed by atoms with Crippen LogP contribution in [0.15, 0.2) is 18.2 Å². The molecule has 1 heterocycles. The van der Waals surface area contributed by atoms with Crippen molar-refractivity contribution in [3.05, 3.63) is 34.6 Å². The van der Waals surface area contributed by atoms with Crippen molar-refractivity contribution in [3.8, 4) is 0 Å². The Bertz CT molecular complexity index is 447. The third-order valence-electron chi connectivity index (χ3n) is 3.31. The normalized spacial score (nSPS) is 15.6. The SMILES string of the molecule is O=C(CNCc1cc(Cl)ccc1F)N1CCCCC1. The molecular weight excluding hydrogens is 267 g/mol. The number of piperidine rings is 1. The molecule has 0 spiro atoms. The monoisotopic (exact) mass is 284 g/mol. The number of carbonyl (C=O) groups excluding carboxylic acids is 1. The number of hydrogen-bond acceptors (Lipinski definition) is 2. The maximum absolute atomic E-state index is 13.5. The Morgan fingerprint density at radius 1 is 1.32 bits per heavy atom. The molecule has 104 valence electrons. The number of rotatable bonds is 4. The van der Waals surface area contributed by atoms with Gasteiger partial charge in [-0.2, -0.15) is 0 Å². The highest BCUT2D eigenvalue weighted by Crippen LogP contribution is 2.14. The van der Waals surface area contributed by atoms with Gasteiger partial charge in [-0.05, 0) is 37.5 Å². The van der Waals surface area contributed by atoms with E-state index in [9.17, 15) is 9.18 Å². The molecule has 1 aromatic carbocycles. The Hall–Kier alpha value is -1.13. The molecule has 1 N–H and O–H groups in total. The van der Waals surface area contributed by atoms with E-state index in [2.05, 4.69) is 5.32 Å². The summed E-state index contributed by atoms with van der Waals surface area (Å²) in [5.74, 6) is -0.218. The number of halogens is 2. The Morgan fingerprint density at radius 2 is 2.05 bits per heavy atom. The standard InChI is InChI=1S/C14H18ClFN2O/c15-12-4-5-13(16)11(8-12)9-17-10-14(19)18-6-2-1-3-7-18/h4-5,8,17H,1-3,6-7,9-10H2. The van der Waals surface area contributed by atoms with E-state index in [0.29, 0.717) is 17.1 Å². The van der Waals surface area contributed by atoms with E-state index in [0.717, 1.165) is 25.9 Å². The molecule has 19 heavy (non-hydrogen) atoms. The van der Waals surface area contributed by atoms with Crippen LogP contribution in [0.1, 0.15) is 24.8 Å². The quantitative estimate of drug-likeness (QED) is 0.922. The lowest BCUT2D eigenvalue weighted by atomic mass is 10.1. The molecule has 5 heteroatoms. The fourth-order valence-electron chi connectivity index (χ4n) is 2.24. The van der Waals surface area contributed by atoms with Crippen molar-refractivity contribution >= 4 is 17.5 Å². The molecule has 2 rings (SSSR count). The minimum atomic E-state index is -0.303. The fraction of sp³-hybridized carbons (Fsp3) is 0.500. The maximum atomic E-state index is 13.5. The number of nitrogens with zero attached hydrogens (tertiary/aromatic N) is 1. The minimum absolute atomic E-state index is 0.0853. The molecule has 1 aliphatic rings. The molecule has 3 nitrogen and oxygen atoms in total. The molecule has 1 fully saturated rings. The van der Waals surface area contributed by atoms with Gasteiger partial charge in [0.05, 0.1) is 6.54 Å². The van der Waals surface area contributed by atoms with Crippen molar-refractivity contribution in [1.82, 2.24) is 10.2 Å². The molecule has 0 radical (unpaired) electrons. The first kappa shape index (κ1) is 14.3. The van der Waals surface area contributed by atoms with E-state index in [4.69, 9.17) is 11.6 Å². The molecule has 0 aliphatic carbocycles. The van der Waals surface area contributed by atoms with Crippen LogP contribution in [0.5, 0.6) is 0 Å². The first-order chi connectivity index (χ1) is 9.16. The summed E-state index contributed by atoms with van der Waals surface area (Å²) < 4.78 is 13.5. The first-order valence-corrected chi connectivity index (χ1v) is 6.97. The van der Waals surface area contributed by atoms with Gasteiger partial charge in [-0.3, -0.25) is 4.79 Å². The second-order valence-corrected chi connectivity index (χ2v) is 5.22. The van der Waals surface area contributed by atoms with E-state index in [-0.39, 0.29) is 18.3 Å². The lowest BCUT2D eigenvalue weighted by Crippen LogP contribution is -2.41. The van der Waals surface area contributed by atoms with Gasteiger partial charge in [0.1, 0.15) is 5.82 Å². The van der Waals surface area contributed by atoms with Crippen molar-refractivity contribution in [3.63, 3.8) is 0 Å². The summed E-state index contributed by atoms with van der Waals surface area (Å²) in [6.07, 6.45) is 3.36. The van der Waals surface area contributed by atoms with Gasteiger partial charge in [0.25, 0.3) is 0 Å². The molecule has 1 amide bonds. The minimum Gasteiger partial charge on any atom is -0.342 e.